The van der Waals surface area contributed by atoms with Crippen LogP contribution < -0.4 is 10.6 Å². The molecule has 0 aliphatic rings. The molecule has 2 N–H and O–H groups in total. The van der Waals surface area contributed by atoms with Crippen LogP contribution >= 0.6 is 0 Å². The second-order valence-corrected chi connectivity index (χ2v) is 7.23. The number of carbonyl (C=O) groups is 2. The number of benzene rings is 1. The summed E-state index contributed by atoms with van der Waals surface area (Å²) in [6.07, 6.45) is 1.17. The summed E-state index contributed by atoms with van der Waals surface area (Å²) in [5.41, 5.74) is 6.73. The normalized spacial score (nSPS) is 12.1. The van der Waals surface area contributed by atoms with Crippen molar-refractivity contribution in [3.63, 3.8) is 0 Å². The lowest BCUT2D eigenvalue weighted by Crippen LogP contribution is -2.49. The van der Waals surface area contributed by atoms with Gasteiger partial charge in [-0.25, -0.2) is 9.59 Å². The lowest BCUT2D eigenvalue weighted by Gasteiger charge is -2.32. The maximum Gasteiger partial charge on any atom is 0.415 e. The number of carbonyl (C=O) groups excluding carboxylic acids is 2. The summed E-state index contributed by atoms with van der Waals surface area (Å²) in [6, 6.07) is 11.1. The Labute approximate surface area is 165 Å². The zero-order valence-electron chi connectivity index (χ0n) is 16.7. The standard InChI is InChI=1S/C21H27N3O4/c1-5-27-19(25)18(14-16-8-6-7-13-23-16)24(20(26)28-21(2,3)4)17-11-9-15(22)10-12-17/h6-13,18H,5,14,22H2,1-4H3. The van der Waals surface area contributed by atoms with Crippen LogP contribution in [0.5, 0.6) is 0 Å². The number of aromatic nitrogens is 1. The number of nitrogen functional groups attached to an aromatic ring is 1. The van der Waals surface area contributed by atoms with E-state index in [9.17, 15) is 9.59 Å². The van der Waals surface area contributed by atoms with Crippen LogP contribution in [0.15, 0.2) is 48.7 Å². The molecular weight excluding hydrogens is 358 g/mol. The number of nitrogens with two attached hydrogens (primary N) is 1. The lowest BCUT2D eigenvalue weighted by atomic mass is 10.1. The predicted molar refractivity (Wildman–Crippen MR) is 108 cm³/mol. The molecule has 1 aromatic heterocycles. The average Bonchev–Trinajstić information content (AvgIpc) is 2.62. The number of hydrogen-bond donors (Lipinski definition) is 1. The number of hydrogen-bond acceptors (Lipinski definition) is 6. The summed E-state index contributed by atoms with van der Waals surface area (Å²) < 4.78 is 10.8. The summed E-state index contributed by atoms with van der Waals surface area (Å²) in [4.78, 5) is 31.4. The molecule has 1 atom stereocenters. The van der Waals surface area contributed by atoms with E-state index >= 15 is 0 Å². The molecule has 1 unspecified atom stereocenters. The van der Waals surface area contributed by atoms with Gasteiger partial charge in [0.1, 0.15) is 11.6 Å². The van der Waals surface area contributed by atoms with Crippen LogP contribution in [0.25, 0.3) is 0 Å². The Morgan fingerprint density at radius 3 is 2.36 bits per heavy atom. The molecule has 0 saturated carbocycles. The topological polar surface area (TPSA) is 94.8 Å². The van der Waals surface area contributed by atoms with Crippen molar-refractivity contribution in [1.82, 2.24) is 4.98 Å². The molecule has 2 rings (SSSR count). The molecule has 150 valence electrons. The second kappa shape index (κ2) is 9.21. The Balaban J connectivity index is 2.47. The van der Waals surface area contributed by atoms with E-state index in [-0.39, 0.29) is 13.0 Å². The van der Waals surface area contributed by atoms with Gasteiger partial charge in [-0.2, -0.15) is 0 Å². The summed E-state index contributed by atoms with van der Waals surface area (Å²) in [5, 5.41) is 0. The average molecular weight is 385 g/mol. The molecule has 2 aromatic rings. The minimum Gasteiger partial charge on any atom is -0.464 e. The van der Waals surface area contributed by atoms with Gasteiger partial charge in [-0.15, -0.1) is 0 Å². The number of ether oxygens (including phenoxy) is 2. The van der Waals surface area contributed by atoms with Crippen molar-refractivity contribution in [2.24, 2.45) is 0 Å². The minimum atomic E-state index is -0.937. The summed E-state index contributed by atoms with van der Waals surface area (Å²) >= 11 is 0. The Hall–Kier alpha value is -3.09. The molecule has 28 heavy (non-hydrogen) atoms. The first-order valence-electron chi connectivity index (χ1n) is 9.15. The largest absolute Gasteiger partial charge is 0.464 e. The van der Waals surface area contributed by atoms with Gasteiger partial charge in [0.25, 0.3) is 0 Å². The molecule has 7 nitrogen and oxygen atoms in total. The molecule has 0 fully saturated rings. The molecule has 1 heterocycles. The van der Waals surface area contributed by atoms with Crippen LogP contribution in [-0.2, 0) is 20.7 Å². The smallest absolute Gasteiger partial charge is 0.415 e. The van der Waals surface area contributed by atoms with E-state index in [2.05, 4.69) is 4.98 Å². The highest BCUT2D eigenvalue weighted by Gasteiger charge is 2.35. The fraction of sp³-hybridized carbons (Fsp3) is 0.381. The third-order valence-corrected chi connectivity index (χ3v) is 3.76. The fourth-order valence-electron chi connectivity index (χ4n) is 2.59. The van der Waals surface area contributed by atoms with Gasteiger partial charge in [0.15, 0.2) is 0 Å². The molecule has 7 heteroatoms. The highest BCUT2D eigenvalue weighted by molar-refractivity contribution is 5.96. The minimum absolute atomic E-state index is 0.184. The Kier molecular flexibility index (Phi) is 6.98. The van der Waals surface area contributed by atoms with Crippen molar-refractivity contribution in [1.29, 1.82) is 0 Å². The van der Waals surface area contributed by atoms with Gasteiger partial charge >= 0.3 is 12.1 Å². The van der Waals surface area contributed by atoms with E-state index in [0.717, 1.165) is 0 Å². The molecule has 0 spiro atoms. The number of anilines is 2. The zero-order valence-corrected chi connectivity index (χ0v) is 16.7. The summed E-state index contributed by atoms with van der Waals surface area (Å²) in [5.74, 6) is -0.532. The molecule has 0 aliphatic heterocycles. The molecule has 1 aromatic carbocycles. The van der Waals surface area contributed by atoms with Gasteiger partial charge in [0.2, 0.25) is 0 Å². The molecular formula is C21H27N3O4. The van der Waals surface area contributed by atoms with Crippen molar-refractivity contribution in [3.8, 4) is 0 Å². The van der Waals surface area contributed by atoms with Crippen LogP contribution in [0.1, 0.15) is 33.4 Å². The van der Waals surface area contributed by atoms with Gasteiger partial charge in [-0.3, -0.25) is 9.88 Å². The van der Waals surface area contributed by atoms with Crippen molar-refractivity contribution >= 4 is 23.4 Å². The maximum absolute atomic E-state index is 13.0. The van der Waals surface area contributed by atoms with E-state index in [0.29, 0.717) is 17.1 Å². The Morgan fingerprint density at radius 2 is 1.82 bits per heavy atom. The van der Waals surface area contributed by atoms with Crippen LogP contribution in [0, 0.1) is 0 Å². The quantitative estimate of drug-likeness (QED) is 0.603. The van der Waals surface area contributed by atoms with Crippen LogP contribution in [0.4, 0.5) is 16.2 Å². The van der Waals surface area contributed by atoms with Crippen molar-refractivity contribution < 1.29 is 19.1 Å². The van der Waals surface area contributed by atoms with Crippen molar-refractivity contribution in [2.75, 3.05) is 17.2 Å². The van der Waals surface area contributed by atoms with E-state index in [4.69, 9.17) is 15.2 Å². The molecule has 0 radical (unpaired) electrons. The first kappa shape index (κ1) is 21.2. The van der Waals surface area contributed by atoms with Crippen LogP contribution in [0.3, 0.4) is 0 Å². The van der Waals surface area contributed by atoms with E-state index in [1.165, 1.54) is 4.90 Å². The van der Waals surface area contributed by atoms with Gasteiger partial charge in [0.05, 0.1) is 6.61 Å². The number of esters is 1. The molecule has 1 amide bonds. The van der Waals surface area contributed by atoms with Gasteiger partial charge < -0.3 is 15.2 Å². The third-order valence-electron chi connectivity index (χ3n) is 3.76. The van der Waals surface area contributed by atoms with Gasteiger partial charge in [-0.1, -0.05) is 6.07 Å². The zero-order chi connectivity index (χ0) is 20.7. The first-order valence-corrected chi connectivity index (χ1v) is 9.15. The maximum atomic E-state index is 13.0. The summed E-state index contributed by atoms with van der Waals surface area (Å²) in [6.45, 7) is 7.22. The molecule has 0 saturated heterocycles. The highest BCUT2D eigenvalue weighted by atomic mass is 16.6. The fourth-order valence-corrected chi connectivity index (χ4v) is 2.59. The monoisotopic (exact) mass is 385 g/mol. The number of nitrogens with zero attached hydrogens (tertiary/aromatic N) is 2. The predicted octanol–water partition coefficient (Wildman–Crippen LogP) is 3.58. The Bertz CT molecular complexity index is 786. The summed E-state index contributed by atoms with van der Waals surface area (Å²) in [7, 11) is 0. The van der Waals surface area contributed by atoms with E-state index in [1.54, 1.807) is 70.3 Å². The molecule has 0 aliphatic carbocycles. The molecule has 0 bridgehead atoms. The third kappa shape index (κ3) is 5.97. The van der Waals surface area contributed by atoms with Crippen molar-refractivity contribution in [3.05, 3.63) is 54.4 Å². The van der Waals surface area contributed by atoms with Crippen LogP contribution in [-0.4, -0.2) is 35.3 Å². The number of rotatable bonds is 6. The second-order valence-electron chi connectivity index (χ2n) is 7.23. The van der Waals surface area contributed by atoms with Crippen LogP contribution in [0.2, 0.25) is 0 Å². The Morgan fingerprint density at radius 1 is 1.14 bits per heavy atom. The van der Waals surface area contributed by atoms with E-state index < -0.39 is 23.7 Å². The van der Waals surface area contributed by atoms with Gasteiger partial charge in [0, 0.05) is 29.7 Å². The number of pyridine rings is 1. The first-order chi connectivity index (χ1) is 13.2. The van der Waals surface area contributed by atoms with Gasteiger partial charge in [-0.05, 0) is 64.1 Å². The van der Waals surface area contributed by atoms with Crippen molar-refractivity contribution in [2.45, 2.75) is 45.8 Å². The number of amides is 1. The van der Waals surface area contributed by atoms with E-state index in [1.807, 2.05) is 6.07 Å². The SMILES string of the molecule is CCOC(=O)C(Cc1ccccn1)N(C(=O)OC(C)(C)C)c1ccc(N)cc1. The highest BCUT2D eigenvalue weighted by Crippen LogP contribution is 2.24. The lowest BCUT2D eigenvalue weighted by molar-refractivity contribution is -0.144.